The van der Waals surface area contributed by atoms with E-state index in [2.05, 4.69) is 77.6 Å². The second-order valence-corrected chi connectivity index (χ2v) is 6.88. The molecule has 2 N–H and O–H groups in total. The molecule has 0 amide bonds. The van der Waals surface area contributed by atoms with Crippen LogP contribution < -0.4 is 10.6 Å². The average molecular weight is 499 g/mol. The van der Waals surface area contributed by atoms with Crippen LogP contribution in [0.15, 0.2) is 39.8 Å². The molecule has 0 aliphatic heterocycles. The summed E-state index contributed by atoms with van der Waals surface area (Å²) in [6.07, 6.45) is 0. The Hall–Kier alpha value is -1.61. The number of halogens is 1. The first-order valence-electron chi connectivity index (χ1n) is 9.76. The van der Waals surface area contributed by atoms with Gasteiger partial charge in [-0.05, 0) is 30.1 Å². The highest BCUT2D eigenvalue weighted by atomic mass is 127. The zero-order valence-electron chi connectivity index (χ0n) is 17.7. The molecule has 0 saturated carbocycles. The average Bonchev–Trinajstić information content (AvgIpc) is 3.16. The molecule has 6 nitrogen and oxygen atoms in total. The van der Waals surface area contributed by atoms with Crippen LogP contribution in [0.5, 0.6) is 0 Å². The Balaban J connectivity index is 0.00000392. The van der Waals surface area contributed by atoms with Crippen molar-refractivity contribution in [2.45, 2.75) is 53.2 Å². The molecule has 7 heteroatoms. The molecule has 0 saturated heterocycles. The molecule has 0 unspecified atom stereocenters. The fraction of sp³-hybridized carbons (Fsp3) is 0.524. The number of hydrogen-bond donors (Lipinski definition) is 2. The third-order valence-corrected chi connectivity index (χ3v) is 4.68. The van der Waals surface area contributed by atoms with Crippen LogP contribution in [-0.2, 0) is 19.6 Å². The second kappa shape index (κ2) is 12.8. The fourth-order valence-electron chi connectivity index (χ4n) is 2.83. The van der Waals surface area contributed by atoms with Crippen LogP contribution in [-0.4, -0.2) is 36.2 Å². The van der Waals surface area contributed by atoms with Gasteiger partial charge in [-0.15, -0.1) is 24.0 Å². The summed E-state index contributed by atoms with van der Waals surface area (Å²) in [6, 6.07) is 10.6. The van der Waals surface area contributed by atoms with Gasteiger partial charge in [0, 0.05) is 26.2 Å². The van der Waals surface area contributed by atoms with Crippen molar-refractivity contribution in [3.63, 3.8) is 0 Å². The van der Waals surface area contributed by atoms with Gasteiger partial charge in [-0.25, -0.2) is 0 Å². The molecule has 1 aromatic heterocycles. The Labute approximate surface area is 186 Å². The van der Waals surface area contributed by atoms with E-state index in [0.717, 1.165) is 43.6 Å². The maximum atomic E-state index is 5.37. The molecule has 28 heavy (non-hydrogen) atoms. The van der Waals surface area contributed by atoms with Gasteiger partial charge < -0.3 is 15.2 Å². The molecular formula is C21H34IN5O. The van der Waals surface area contributed by atoms with E-state index >= 15 is 0 Å². The lowest BCUT2D eigenvalue weighted by atomic mass is 10.1. The number of hydrogen-bond acceptors (Lipinski definition) is 4. The molecule has 2 rings (SSSR count). The molecule has 0 radical (unpaired) electrons. The van der Waals surface area contributed by atoms with Gasteiger partial charge in [0.15, 0.2) is 11.7 Å². The molecule has 1 aromatic carbocycles. The van der Waals surface area contributed by atoms with Gasteiger partial charge in [0.25, 0.3) is 0 Å². The third kappa shape index (κ3) is 7.43. The Morgan fingerprint density at radius 1 is 1.11 bits per heavy atom. The van der Waals surface area contributed by atoms with E-state index in [9.17, 15) is 0 Å². The SMILES string of the molecule is CCN(CC)Cc1ccccc1CNC(=NC)NCc1cc(C(C)C)no1.I. The number of nitrogens with zero attached hydrogens (tertiary/aromatic N) is 3. The lowest BCUT2D eigenvalue weighted by molar-refractivity contribution is 0.295. The summed E-state index contributed by atoms with van der Waals surface area (Å²) in [6.45, 7) is 13.0. The number of aromatic nitrogens is 1. The van der Waals surface area contributed by atoms with Gasteiger partial charge in [0.2, 0.25) is 0 Å². The van der Waals surface area contributed by atoms with Crippen molar-refractivity contribution in [3.8, 4) is 0 Å². The molecule has 2 aromatic rings. The van der Waals surface area contributed by atoms with Crippen molar-refractivity contribution in [2.75, 3.05) is 20.1 Å². The highest BCUT2D eigenvalue weighted by molar-refractivity contribution is 14.0. The molecule has 0 atom stereocenters. The molecule has 0 bridgehead atoms. The fourth-order valence-corrected chi connectivity index (χ4v) is 2.83. The molecule has 1 heterocycles. The van der Waals surface area contributed by atoms with Gasteiger partial charge >= 0.3 is 0 Å². The maximum Gasteiger partial charge on any atom is 0.191 e. The van der Waals surface area contributed by atoms with Crippen molar-refractivity contribution >= 4 is 29.9 Å². The van der Waals surface area contributed by atoms with Crippen LogP contribution in [0.1, 0.15) is 56.2 Å². The first kappa shape index (κ1) is 24.4. The van der Waals surface area contributed by atoms with Gasteiger partial charge in [-0.1, -0.05) is 57.1 Å². The first-order chi connectivity index (χ1) is 13.1. The molecule has 0 fully saturated rings. The molecule has 156 valence electrons. The number of benzene rings is 1. The predicted molar refractivity (Wildman–Crippen MR) is 126 cm³/mol. The minimum absolute atomic E-state index is 0. The quantitative estimate of drug-likeness (QED) is 0.309. The van der Waals surface area contributed by atoms with Crippen LogP contribution >= 0.6 is 24.0 Å². The van der Waals surface area contributed by atoms with Crippen molar-refractivity contribution in [3.05, 3.63) is 52.9 Å². The van der Waals surface area contributed by atoms with Gasteiger partial charge in [-0.2, -0.15) is 0 Å². The molecular weight excluding hydrogens is 465 g/mol. The number of nitrogens with one attached hydrogen (secondary N) is 2. The van der Waals surface area contributed by atoms with Crippen molar-refractivity contribution < 1.29 is 4.52 Å². The first-order valence-corrected chi connectivity index (χ1v) is 9.76. The van der Waals surface area contributed by atoms with E-state index in [1.165, 1.54) is 11.1 Å². The highest BCUT2D eigenvalue weighted by Crippen LogP contribution is 2.14. The van der Waals surface area contributed by atoms with Crippen molar-refractivity contribution in [1.29, 1.82) is 0 Å². The van der Waals surface area contributed by atoms with E-state index in [0.29, 0.717) is 12.5 Å². The summed E-state index contributed by atoms with van der Waals surface area (Å²) in [4.78, 5) is 6.72. The summed E-state index contributed by atoms with van der Waals surface area (Å²) in [5.74, 6) is 1.92. The Morgan fingerprint density at radius 3 is 2.32 bits per heavy atom. The summed E-state index contributed by atoms with van der Waals surface area (Å²) < 4.78 is 5.37. The summed E-state index contributed by atoms with van der Waals surface area (Å²) in [5.41, 5.74) is 3.61. The summed E-state index contributed by atoms with van der Waals surface area (Å²) in [5, 5.41) is 10.8. The smallest absolute Gasteiger partial charge is 0.191 e. The van der Waals surface area contributed by atoms with Crippen LogP contribution in [0, 0.1) is 0 Å². The zero-order valence-corrected chi connectivity index (χ0v) is 20.0. The Bertz CT molecular complexity index is 725. The normalized spacial score (nSPS) is 11.6. The maximum absolute atomic E-state index is 5.37. The van der Waals surface area contributed by atoms with E-state index in [1.807, 2.05) is 6.07 Å². The molecule has 0 spiro atoms. The van der Waals surface area contributed by atoms with E-state index in [4.69, 9.17) is 4.52 Å². The molecule has 0 aliphatic rings. The van der Waals surface area contributed by atoms with Gasteiger partial charge in [-0.3, -0.25) is 9.89 Å². The zero-order chi connectivity index (χ0) is 19.6. The van der Waals surface area contributed by atoms with Gasteiger partial charge in [0.1, 0.15) is 0 Å². The summed E-state index contributed by atoms with van der Waals surface area (Å²) in [7, 11) is 1.77. The Kier molecular flexibility index (Phi) is 11.1. The predicted octanol–water partition coefficient (Wildman–Crippen LogP) is 4.12. The summed E-state index contributed by atoms with van der Waals surface area (Å²) >= 11 is 0. The van der Waals surface area contributed by atoms with Crippen molar-refractivity contribution in [1.82, 2.24) is 20.7 Å². The van der Waals surface area contributed by atoms with Crippen molar-refractivity contribution in [2.24, 2.45) is 4.99 Å². The highest BCUT2D eigenvalue weighted by Gasteiger charge is 2.09. The minimum Gasteiger partial charge on any atom is -0.359 e. The van der Waals surface area contributed by atoms with Crippen LogP contribution in [0.4, 0.5) is 0 Å². The van der Waals surface area contributed by atoms with Crippen LogP contribution in [0.2, 0.25) is 0 Å². The van der Waals surface area contributed by atoms with Gasteiger partial charge in [0.05, 0.1) is 12.2 Å². The topological polar surface area (TPSA) is 65.7 Å². The number of rotatable bonds is 9. The van der Waals surface area contributed by atoms with Crippen LogP contribution in [0.25, 0.3) is 0 Å². The van der Waals surface area contributed by atoms with E-state index in [-0.39, 0.29) is 24.0 Å². The third-order valence-electron chi connectivity index (χ3n) is 4.68. The molecule has 0 aliphatic carbocycles. The number of aliphatic imine (C=N–C) groups is 1. The standard InChI is InChI=1S/C21H33N5O.HI/c1-6-26(7-2)15-18-11-9-8-10-17(18)13-23-21(22-5)24-14-19-12-20(16(3)4)25-27-19;/h8-12,16H,6-7,13-15H2,1-5H3,(H2,22,23,24);1H. The largest absolute Gasteiger partial charge is 0.359 e. The van der Waals surface area contributed by atoms with E-state index < -0.39 is 0 Å². The monoisotopic (exact) mass is 499 g/mol. The minimum atomic E-state index is 0. The lowest BCUT2D eigenvalue weighted by Gasteiger charge is -2.20. The van der Waals surface area contributed by atoms with Crippen LogP contribution in [0.3, 0.4) is 0 Å². The number of guanidine groups is 1. The second-order valence-electron chi connectivity index (χ2n) is 6.88. The lowest BCUT2D eigenvalue weighted by Crippen LogP contribution is -2.36. The Morgan fingerprint density at radius 2 is 1.75 bits per heavy atom. The van der Waals surface area contributed by atoms with E-state index in [1.54, 1.807) is 7.05 Å².